The molecule has 1 unspecified atom stereocenters. The van der Waals surface area contributed by atoms with Gasteiger partial charge in [0, 0.05) is 12.8 Å². The van der Waals surface area contributed by atoms with Crippen LogP contribution in [0.4, 0.5) is 4.39 Å². The highest BCUT2D eigenvalue weighted by atomic mass is 19.1. The third-order valence-electron chi connectivity index (χ3n) is 4.45. The average molecular weight is 415 g/mol. The Morgan fingerprint density at radius 3 is 2.48 bits per heavy atom. The standard InChI is InChI=1S/C19H26FNO8/c1-2-3-14(23)28-12-6-4-11(5-7-12)8-19(21,10-20)18(26)29-17-16(25)15(24)13(22)9-27-17/h4-7,13,15-17,22,24-25H,2-3,8-10,21H2,1H3/t13-,15+,16-,17+,19?/m1/s1. The number of esters is 2. The summed E-state index contributed by atoms with van der Waals surface area (Å²) in [7, 11) is 0. The Labute approximate surface area is 167 Å². The minimum atomic E-state index is -2.06. The fraction of sp³-hybridized carbons (Fsp3) is 0.579. The number of alkyl halides is 1. The van der Waals surface area contributed by atoms with Gasteiger partial charge in [-0.1, -0.05) is 19.1 Å². The molecule has 0 aliphatic carbocycles. The summed E-state index contributed by atoms with van der Waals surface area (Å²) in [5.74, 6) is -1.24. The summed E-state index contributed by atoms with van der Waals surface area (Å²) in [6.45, 7) is 0.218. The zero-order chi connectivity index (χ0) is 21.6. The zero-order valence-corrected chi connectivity index (χ0v) is 16.0. The van der Waals surface area contributed by atoms with E-state index in [1.165, 1.54) is 24.3 Å². The van der Waals surface area contributed by atoms with E-state index in [4.69, 9.17) is 19.9 Å². The molecular weight excluding hydrogens is 389 g/mol. The van der Waals surface area contributed by atoms with Gasteiger partial charge in [-0.15, -0.1) is 0 Å². The van der Waals surface area contributed by atoms with Gasteiger partial charge in [0.15, 0.2) is 0 Å². The number of ether oxygens (including phenoxy) is 3. The lowest BCUT2D eigenvalue weighted by atomic mass is 9.93. The number of hydrogen-bond donors (Lipinski definition) is 4. The van der Waals surface area contributed by atoms with E-state index in [1.54, 1.807) is 0 Å². The first-order valence-electron chi connectivity index (χ1n) is 9.21. The lowest BCUT2D eigenvalue weighted by Gasteiger charge is -2.36. The molecule has 10 heteroatoms. The average Bonchev–Trinajstić information content (AvgIpc) is 2.70. The first-order valence-corrected chi connectivity index (χ1v) is 9.21. The Kier molecular flexibility index (Phi) is 8.05. The van der Waals surface area contributed by atoms with E-state index >= 15 is 0 Å². The number of rotatable bonds is 8. The van der Waals surface area contributed by atoms with Crippen LogP contribution in [0, 0.1) is 0 Å². The molecular formula is C19H26FNO8. The second-order valence-electron chi connectivity index (χ2n) is 6.99. The maximum Gasteiger partial charge on any atom is 0.331 e. The van der Waals surface area contributed by atoms with Gasteiger partial charge < -0.3 is 35.3 Å². The monoisotopic (exact) mass is 415 g/mol. The second-order valence-corrected chi connectivity index (χ2v) is 6.99. The molecule has 1 aliphatic rings. The summed E-state index contributed by atoms with van der Waals surface area (Å²) in [5.41, 5.74) is 4.29. The van der Waals surface area contributed by atoms with Crippen LogP contribution in [0.1, 0.15) is 25.3 Å². The van der Waals surface area contributed by atoms with Crippen molar-refractivity contribution in [2.45, 2.75) is 56.3 Å². The third-order valence-corrected chi connectivity index (χ3v) is 4.45. The van der Waals surface area contributed by atoms with E-state index < -0.39 is 42.8 Å². The highest BCUT2D eigenvalue weighted by molar-refractivity contribution is 5.81. The van der Waals surface area contributed by atoms with Crippen molar-refractivity contribution < 1.29 is 43.5 Å². The fourth-order valence-electron chi connectivity index (χ4n) is 2.71. The van der Waals surface area contributed by atoms with Gasteiger partial charge in [0.25, 0.3) is 0 Å². The number of halogens is 1. The largest absolute Gasteiger partial charge is 0.431 e. The van der Waals surface area contributed by atoms with Gasteiger partial charge in [-0.05, 0) is 24.1 Å². The molecule has 0 amide bonds. The van der Waals surface area contributed by atoms with Gasteiger partial charge >= 0.3 is 11.9 Å². The molecule has 1 heterocycles. The number of carbonyl (C=O) groups excluding carboxylic acids is 2. The number of nitrogens with two attached hydrogens (primary N) is 1. The summed E-state index contributed by atoms with van der Waals surface area (Å²) in [4.78, 5) is 23.9. The molecule has 1 fully saturated rings. The highest BCUT2D eigenvalue weighted by Crippen LogP contribution is 2.22. The van der Waals surface area contributed by atoms with Crippen LogP contribution in [0.25, 0.3) is 0 Å². The van der Waals surface area contributed by atoms with Crippen LogP contribution in [0.5, 0.6) is 5.75 Å². The van der Waals surface area contributed by atoms with Crippen molar-refractivity contribution in [3.05, 3.63) is 29.8 Å². The van der Waals surface area contributed by atoms with Crippen LogP contribution >= 0.6 is 0 Å². The van der Waals surface area contributed by atoms with E-state index in [-0.39, 0.29) is 25.4 Å². The molecule has 9 nitrogen and oxygen atoms in total. The molecule has 1 aromatic carbocycles. The van der Waals surface area contributed by atoms with Gasteiger partial charge in [-0.2, -0.15) is 0 Å². The molecule has 0 aromatic heterocycles. The molecule has 0 radical (unpaired) electrons. The molecule has 1 aliphatic heterocycles. The molecule has 1 saturated heterocycles. The smallest absolute Gasteiger partial charge is 0.331 e. The van der Waals surface area contributed by atoms with Crippen molar-refractivity contribution >= 4 is 11.9 Å². The maximum absolute atomic E-state index is 13.6. The number of aliphatic hydroxyl groups is 3. The fourth-order valence-corrected chi connectivity index (χ4v) is 2.71. The van der Waals surface area contributed by atoms with Crippen LogP contribution in [0.2, 0.25) is 0 Å². The Bertz CT molecular complexity index is 700. The summed E-state index contributed by atoms with van der Waals surface area (Å²) < 4.78 is 28.7. The molecule has 0 saturated carbocycles. The van der Waals surface area contributed by atoms with Crippen molar-refractivity contribution in [1.82, 2.24) is 0 Å². The molecule has 0 bridgehead atoms. The van der Waals surface area contributed by atoms with Crippen molar-refractivity contribution in [3.8, 4) is 5.75 Å². The number of carbonyl (C=O) groups is 2. The van der Waals surface area contributed by atoms with Crippen LogP contribution < -0.4 is 10.5 Å². The molecule has 2 rings (SSSR count). The SMILES string of the molecule is CCCC(=O)Oc1ccc(CC(N)(CF)C(=O)O[C@@H]2OC[C@@H](O)[C@H](O)[C@H]2O)cc1. The van der Waals surface area contributed by atoms with Crippen LogP contribution in [-0.2, 0) is 25.5 Å². The predicted molar refractivity (Wildman–Crippen MR) is 97.4 cm³/mol. The van der Waals surface area contributed by atoms with Gasteiger partial charge in [-0.3, -0.25) is 4.79 Å². The highest BCUT2D eigenvalue weighted by Gasteiger charge is 2.44. The van der Waals surface area contributed by atoms with Crippen molar-refractivity contribution in [2.24, 2.45) is 5.73 Å². The van der Waals surface area contributed by atoms with E-state index in [9.17, 15) is 29.3 Å². The minimum absolute atomic E-state index is 0.237. The van der Waals surface area contributed by atoms with E-state index in [1.807, 2.05) is 6.92 Å². The van der Waals surface area contributed by atoms with Crippen LogP contribution in [0.15, 0.2) is 24.3 Å². The molecule has 1 aromatic rings. The van der Waals surface area contributed by atoms with Gasteiger partial charge in [0.2, 0.25) is 6.29 Å². The van der Waals surface area contributed by atoms with Gasteiger partial charge in [0.1, 0.15) is 36.3 Å². The summed E-state index contributed by atoms with van der Waals surface area (Å²) >= 11 is 0. The lowest BCUT2D eigenvalue weighted by molar-refractivity contribution is -0.265. The van der Waals surface area contributed by atoms with Crippen LogP contribution in [-0.4, -0.2) is 70.7 Å². The van der Waals surface area contributed by atoms with E-state index in [2.05, 4.69) is 0 Å². The molecule has 5 atom stereocenters. The minimum Gasteiger partial charge on any atom is -0.431 e. The topological polar surface area (TPSA) is 149 Å². The van der Waals surface area contributed by atoms with Crippen molar-refractivity contribution in [3.63, 3.8) is 0 Å². The molecule has 5 N–H and O–H groups in total. The quantitative estimate of drug-likeness (QED) is 0.328. The Balaban J connectivity index is 2.01. The predicted octanol–water partition coefficient (Wildman–Crippen LogP) is -0.416. The second kappa shape index (κ2) is 10.1. The number of hydrogen-bond acceptors (Lipinski definition) is 9. The first-order chi connectivity index (χ1) is 13.7. The normalized spacial score (nSPS) is 26.4. The number of benzene rings is 1. The Morgan fingerprint density at radius 1 is 1.24 bits per heavy atom. The van der Waals surface area contributed by atoms with Crippen molar-refractivity contribution in [2.75, 3.05) is 13.3 Å². The Hall–Kier alpha value is -2.11. The molecule has 162 valence electrons. The first kappa shape index (κ1) is 23.2. The van der Waals surface area contributed by atoms with Crippen LogP contribution in [0.3, 0.4) is 0 Å². The number of aliphatic hydroxyl groups excluding tert-OH is 3. The van der Waals surface area contributed by atoms with Gasteiger partial charge in [-0.25, -0.2) is 9.18 Å². The van der Waals surface area contributed by atoms with E-state index in [0.29, 0.717) is 17.7 Å². The summed E-state index contributed by atoms with van der Waals surface area (Å²) in [6.07, 6.45) is -5.52. The summed E-state index contributed by atoms with van der Waals surface area (Å²) in [5, 5.41) is 28.9. The van der Waals surface area contributed by atoms with E-state index in [0.717, 1.165) is 0 Å². The Morgan fingerprint density at radius 2 is 1.90 bits per heavy atom. The summed E-state index contributed by atoms with van der Waals surface area (Å²) in [6, 6.07) is 6.06. The maximum atomic E-state index is 13.6. The van der Waals surface area contributed by atoms with Crippen molar-refractivity contribution in [1.29, 1.82) is 0 Å². The third kappa shape index (κ3) is 5.94. The molecule has 0 spiro atoms. The van der Waals surface area contributed by atoms with Gasteiger partial charge in [0.05, 0.1) is 6.61 Å². The molecule has 29 heavy (non-hydrogen) atoms. The lowest BCUT2D eigenvalue weighted by Crippen LogP contribution is -2.58. The zero-order valence-electron chi connectivity index (χ0n) is 16.0.